The summed E-state index contributed by atoms with van der Waals surface area (Å²) < 4.78 is 27.9. The van der Waals surface area contributed by atoms with Crippen molar-refractivity contribution >= 4 is 15.9 Å². The van der Waals surface area contributed by atoms with Gasteiger partial charge in [-0.25, -0.2) is 8.78 Å². The number of rotatable bonds is 3. The lowest BCUT2D eigenvalue weighted by Crippen LogP contribution is -2.07. The first-order valence-corrected chi connectivity index (χ1v) is 6.29. The second-order valence-corrected chi connectivity index (χ2v) is 4.87. The van der Waals surface area contributed by atoms with E-state index in [9.17, 15) is 8.78 Å². The average Bonchev–Trinajstić information content (AvgIpc) is 2.33. The molecule has 0 saturated heterocycles. The molecule has 0 bridgehead atoms. The maximum Gasteiger partial charge on any atom is 0.131 e. The fourth-order valence-corrected chi connectivity index (χ4v) is 2.23. The quantitative estimate of drug-likeness (QED) is 0.899. The van der Waals surface area contributed by atoms with Crippen LogP contribution >= 0.6 is 15.9 Å². The molecule has 0 aliphatic rings. The first-order chi connectivity index (χ1) is 8.61. The molecule has 4 heteroatoms. The lowest BCUT2D eigenvalue weighted by Gasteiger charge is -2.11. The van der Waals surface area contributed by atoms with Gasteiger partial charge in [-0.15, -0.1) is 0 Å². The minimum atomic E-state index is -0.320. The first-order valence-electron chi connectivity index (χ1n) is 5.50. The van der Waals surface area contributed by atoms with Crippen molar-refractivity contribution in [2.75, 3.05) is 7.05 Å². The first kappa shape index (κ1) is 13.2. The molecular formula is C14H12BrF2N. The molecule has 0 spiro atoms. The smallest absolute Gasteiger partial charge is 0.131 e. The second kappa shape index (κ2) is 5.59. The molecule has 2 aromatic carbocycles. The molecule has 94 valence electrons. The van der Waals surface area contributed by atoms with Crippen molar-refractivity contribution in [2.24, 2.45) is 0 Å². The maximum atomic E-state index is 13.8. The lowest BCUT2D eigenvalue weighted by molar-refractivity contribution is 0.621. The summed E-state index contributed by atoms with van der Waals surface area (Å²) >= 11 is 3.32. The van der Waals surface area contributed by atoms with Crippen molar-refractivity contribution in [3.05, 3.63) is 58.1 Å². The molecule has 0 radical (unpaired) electrons. The normalized spacial score (nSPS) is 10.7. The van der Waals surface area contributed by atoms with Gasteiger partial charge >= 0.3 is 0 Å². The zero-order chi connectivity index (χ0) is 13.1. The maximum absolute atomic E-state index is 13.8. The Morgan fingerprint density at radius 2 is 1.83 bits per heavy atom. The summed E-state index contributed by atoms with van der Waals surface area (Å²) in [4.78, 5) is 0. The number of halogens is 3. The van der Waals surface area contributed by atoms with E-state index in [0.29, 0.717) is 17.7 Å². The highest BCUT2D eigenvalue weighted by atomic mass is 79.9. The van der Waals surface area contributed by atoms with E-state index in [0.717, 1.165) is 10.0 Å². The van der Waals surface area contributed by atoms with Gasteiger partial charge in [-0.05, 0) is 48.5 Å². The summed E-state index contributed by atoms with van der Waals surface area (Å²) in [5, 5.41) is 2.95. The zero-order valence-corrected chi connectivity index (χ0v) is 11.4. The molecule has 0 heterocycles. The number of benzene rings is 2. The highest BCUT2D eigenvalue weighted by molar-refractivity contribution is 9.10. The summed E-state index contributed by atoms with van der Waals surface area (Å²) in [6.45, 7) is 0.485. The van der Waals surface area contributed by atoms with E-state index in [1.54, 1.807) is 25.2 Å². The minimum absolute atomic E-state index is 0.317. The van der Waals surface area contributed by atoms with Crippen LogP contribution in [0, 0.1) is 11.6 Å². The van der Waals surface area contributed by atoms with Crippen LogP contribution in [0.5, 0.6) is 0 Å². The van der Waals surface area contributed by atoms with Crippen molar-refractivity contribution in [3.8, 4) is 11.1 Å². The topological polar surface area (TPSA) is 12.0 Å². The Morgan fingerprint density at radius 3 is 2.56 bits per heavy atom. The molecule has 0 fully saturated rings. The predicted octanol–water partition coefficient (Wildman–Crippen LogP) is 4.11. The molecule has 1 nitrogen and oxygen atoms in total. The van der Waals surface area contributed by atoms with E-state index in [1.807, 2.05) is 0 Å². The standard InChI is InChI=1S/C14H12BrF2N/c1-18-8-9-6-11(16)3-4-12(9)13-7-10(15)2-5-14(13)17/h2-7,18H,8H2,1H3. The molecule has 0 aliphatic heterocycles. The SMILES string of the molecule is CNCc1cc(F)ccc1-c1cc(Br)ccc1F. The number of hydrogen-bond donors (Lipinski definition) is 1. The van der Waals surface area contributed by atoms with Gasteiger partial charge < -0.3 is 5.32 Å². The van der Waals surface area contributed by atoms with Crippen LogP contribution in [0.15, 0.2) is 40.9 Å². The van der Waals surface area contributed by atoms with Crippen molar-refractivity contribution in [1.29, 1.82) is 0 Å². The van der Waals surface area contributed by atoms with Crippen LogP contribution in [0.1, 0.15) is 5.56 Å². The third-order valence-corrected chi connectivity index (χ3v) is 3.15. The van der Waals surface area contributed by atoms with Crippen molar-refractivity contribution in [3.63, 3.8) is 0 Å². The van der Waals surface area contributed by atoms with Gasteiger partial charge in [0, 0.05) is 16.6 Å². The lowest BCUT2D eigenvalue weighted by atomic mass is 9.99. The molecule has 0 amide bonds. The van der Waals surface area contributed by atoms with Crippen LogP contribution in [0.25, 0.3) is 11.1 Å². The molecular weight excluding hydrogens is 300 g/mol. The summed E-state index contributed by atoms with van der Waals surface area (Å²) in [6.07, 6.45) is 0. The average molecular weight is 312 g/mol. The van der Waals surface area contributed by atoms with Gasteiger partial charge in [0.2, 0.25) is 0 Å². The Kier molecular flexibility index (Phi) is 4.09. The fourth-order valence-electron chi connectivity index (χ4n) is 1.87. The summed E-state index contributed by atoms with van der Waals surface area (Å²) in [5.41, 5.74) is 1.90. The van der Waals surface area contributed by atoms with Crippen LogP contribution < -0.4 is 5.32 Å². The summed E-state index contributed by atoms with van der Waals surface area (Å²) in [7, 11) is 1.77. The van der Waals surface area contributed by atoms with Crippen LogP contribution in [0.4, 0.5) is 8.78 Å². The van der Waals surface area contributed by atoms with Gasteiger partial charge in [0.25, 0.3) is 0 Å². The van der Waals surface area contributed by atoms with Gasteiger partial charge in [0.15, 0.2) is 0 Å². The van der Waals surface area contributed by atoms with E-state index in [-0.39, 0.29) is 11.6 Å². The van der Waals surface area contributed by atoms with Gasteiger partial charge in [0.1, 0.15) is 11.6 Å². The Hall–Kier alpha value is -1.26. The van der Waals surface area contributed by atoms with Crippen molar-refractivity contribution in [2.45, 2.75) is 6.54 Å². The van der Waals surface area contributed by atoms with Gasteiger partial charge in [0.05, 0.1) is 0 Å². The van der Waals surface area contributed by atoms with E-state index < -0.39 is 0 Å². The third kappa shape index (κ3) is 2.76. The van der Waals surface area contributed by atoms with Gasteiger partial charge in [-0.2, -0.15) is 0 Å². The van der Waals surface area contributed by atoms with E-state index in [1.165, 1.54) is 18.2 Å². The second-order valence-electron chi connectivity index (χ2n) is 3.96. The molecule has 2 aromatic rings. The van der Waals surface area contributed by atoms with E-state index in [4.69, 9.17) is 0 Å². The number of nitrogens with one attached hydrogen (secondary N) is 1. The Morgan fingerprint density at radius 1 is 1.06 bits per heavy atom. The highest BCUT2D eigenvalue weighted by Gasteiger charge is 2.11. The summed E-state index contributed by atoms with van der Waals surface area (Å²) in [5.74, 6) is -0.637. The van der Waals surface area contributed by atoms with E-state index >= 15 is 0 Å². The molecule has 18 heavy (non-hydrogen) atoms. The fraction of sp³-hybridized carbons (Fsp3) is 0.143. The van der Waals surface area contributed by atoms with Gasteiger partial charge in [-0.3, -0.25) is 0 Å². The summed E-state index contributed by atoms with van der Waals surface area (Å²) in [6, 6.07) is 9.10. The molecule has 0 aliphatic carbocycles. The highest BCUT2D eigenvalue weighted by Crippen LogP contribution is 2.29. The van der Waals surface area contributed by atoms with Crippen LogP contribution in [-0.2, 0) is 6.54 Å². The molecule has 0 unspecified atom stereocenters. The molecule has 0 aromatic heterocycles. The van der Waals surface area contributed by atoms with Crippen LogP contribution in [0.3, 0.4) is 0 Å². The Bertz CT molecular complexity index is 570. The predicted molar refractivity (Wildman–Crippen MR) is 72.3 cm³/mol. The molecule has 0 saturated carbocycles. The Balaban J connectivity index is 2.58. The molecule has 1 N–H and O–H groups in total. The van der Waals surface area contributed by atoms with Crippen molar-refractivity contribution < 1.29 is 8.78 Å². The van der Waals surface area contributed by atoms with Crippen LogP contribution in [-0.4, -0.2) is 7.05 Å². The van der Waals surface area contributed by atoms with Gasteiger partial charge in [-0.1, -0.05) is 22.0 Å². The van der Waals surface area contributed by atoms with Crippen molar-refractivity contribution in [1.82, 2.24) is 5.32 Å². The zero-order valence-electron chi connectivity index (χ0n) is 9.81. The molecule has 2 rings (SSSR count). The van der Waals surface area contributed by atoms with E-state index in [2.05, 4.69) is 21.2 Å². The molecule has 0 atom stereocenters. The number of hydrogen-bond acceptors (Lipinski definition) is 1. The Labute approximate surface area is 113 Å². The minimum Gasteiger partial charge on any atom is -0.316 e. The monoisotopic (exact) mass is 311 g/mol. The van der Waals surface area contributed by atoms with Crippen LogP contribution in [0.2, 0.25) is 0 Å². The largest absolute Gasteiger partial charge is 0.316 e. The third-order valence-electron chi connectivity index (χ3n) is 2.65.